The molecule has 2 atom stereocenters. The van der Waals surface area contributed by atoms with Gasteiger partial charge in [0.2, 0.25) is 5.95 Å². The number of benzene rings is 2. The van der Waals surface area contributed by atoms with Crippen LogP contribution in [0.2, 0.25) is 0 Å². The summed E-state index contributed by atoms with van der Waals surface area (Å²) >= 11 is 1.06. The summed E-state index contributed by atoms with van der Waals surface area (Å²) in [6.07, 6.45) is -5.32. The van der Waals surface area contributed by atoms with Gasteiger partial charge in [-0.25, -0.2) is 19.6 Å². The highest BCUT2D eigenvalue weighted by Gasteiger charge is 2.33. The molecule has 0 bridgehead atoms. The zero-order valence-electron chi connectivity index (χ0n) is 25.1. The molecule has 4 aromatic rings. The Morgan fingerprint density at radius 1 is 1.07 bits per heavy atom. The smallest absolute Gasteiger partial charge is 0.416 e. The van der Waals surface area contributed by atoms with Gasteiger partial charge in [-0.15, -0.1) is 0 Å². The first-order chi connectivity index (χ1) is 21.1. The van der Waals surface area contributed by atoms with E-state index in [0.29, 0.717) is 32.5 Å². The molecule has 4 rings (SSSR count). The Bertz CT molecular complexity index is 1670. The van der Waals surface area contributed by atoms with Crippen LogP contribution in [0.1, 0.15) is 50.4 Å². The topological polar surface area (TPSA) is 114 Å². The first-order valence-electron chi connectivity index (χ1n) is 13.8. The minimum absolute atomic E-state index is 0.0452. The number of amides is 2. The summed E-state index contributed by atoms with van der Waals surface area (Å²) in [4.78, 5) is 35.2. The lowest BCUT2D eigenvalue weighted by Gasteiger charge is -2.30. The van der Waals surface area contributed by atoms with Gasteiger partial charge >= 0.3 is 18.4 Å². The maximum absolute atomic E-state index is 13.8. The number of anilines is 1. The second-order valence-electron chi connectivity index (χ2n) is 11.3. The molecule has 0 aliphatic carbocycles. The van der Waals surface area contributed by atoms with E-state index in [0.717, 1.165) is 28.4 Å². The van der Waals surface area contributed by atoms with Crippen molar-refractivity contribution in [1.82, 2.24) is 15.3 Å². The van der Waals surface area contributed by atoms with Gasteiger partial charge in [0.15, 0.2) is 5.13 Å². The van der Waals surface area contributed by atoms with Gasteiger partial charge < -0.3 is 19.9 Å². The molecule has 2 aromatic carbocycles. The summed E-state index contributed by atoms with van der Waals surface area (Å²) in [6.45, 7) is 6.38. The summed E-state index contributed by atoms with van der Waals surface area (Å²) in [7, 11) is 1.46. The zero-order valence-corrected chi connectivity index (χ0v) is 25.9. The van der Waals surface area contributed by atoms with Gasteiger partial charge in [0.25, 0.3) is 0 Å². The lowest BCUT2D eigenvalue weighted by Crippen LogP contribution is -2.49. The molecule has 0 fully saturated rings. The van der Waals surface area contributed by atoms with E-state index in [2.05, 4.69) is 15.3 Å². The van der Waals surface area contributed by atoms with Crippen molar-refractivity contribution in [3.05, 3.63) is 77.5 Å². The average Bonchev–Trinajstić information content (AvgIpc) is 3.36. The molecule has 45 heavy (non-hydrogen) atoms. The van der Waals surface area contributed by atoms with Crippen LogP contribution in [0.25, 0.3) is 21.2 Å². The van der Waals surface area contributed by atoms with Gasteiger partial charge in [-0.1, -0.05) is 42.5 Å². The number of ether oxygens (including phenoxy) is 2. The summed E-state index contributed by atoms with van der Waals surface area (Å²) in [5, 5.41) is 14.3. The average molecular weight is 649 g/mol. The number of nitrogens with zero attached hydrogens (tertiary/aromatic N) is 3. The number of fused-ring (bicyclic) bond motifs is 1. The van der Waals surface area contributed by atoms with Crippen molar-refractivity contribution in [3.8, 4) is 10.4 Å². The molecule has 0 spiro atoms. The van der Waals surface area contributed by atoms with Crippen molar-refractivity contribution in [2.24, 2.45) is 0 Å². The van der Waals surface area contributed by atoms with Crippen LogP contribution in [-0.2, 0) is 22.3 Å². The molecular formula is C31H32F4N4O5S. The number of alkyl carbamates (subject to hydrolysis) is 1. The van der Waals surface area contributed by atoms with Crippen LogP contribution in [0.3, 0.4) is 0 Å². The van der Waals surface area contributed by atoms with E-state index in [1.54, 1.807) is 45.9 Å². The number of halogens is 4. The molecule has 240 valence electrons. The van der Waals surface area contributed by atoms with Crippen LogP contribution in [0.5, 0.6) is 0 Å². The third-order valence-corrected chi connectivity index (χ3v) is 8.00. The number of pyridine rings is 1. The van der Waals surface area contributed by atoms with E-state index in [-0.39, 0.29) is 18.3 Å². The molecule has 0 aliphatic rings. The molecule has 0 saturated carbocycles. The minimum atomic E-state index is -4.53. The number of aromatic nitrogens is 2. The fourth-order valence-corrected chi connectivity index (χ4v) is 5.67. The minimum Gasteiger partial charge on any atom is -0.465 e. The molecule has 2 unspecified atom stereocenters. The fraction of sp³-hybridized carbons (Fsp3) is 0.355. The third-order valence-electron chi connectivity index (χ3n) is 6.83. The lowest BCUT2D eigenvalue weighted by atomic mass is 9.92. The number of carbonyl (C=O) groups is 2. The van der Waals surface area contributed by atoms with E-state index in [9.17, 15) is 32.3 Å². The number of hydrogen-bond donors (Lipinski definition) is 2. The lowest BCUT2D eigenvalue weighted by molar-refractivity contribution is -0.137. The number of alkyl halides is 3. The Morgan fingerprint density at radius 3 is 2.36 bits per heavy atom. The molecule has 2 amide bonds. The van der Waals surface area contributed by atoms with Gasteiger partial charge in [-0.2, -0.15) is 17.6 Å². The zero-order chi connectivity index (χ0) is 33.1. The van der Waals surface area contributed by atoms with Gasteiger partial charge in [-0.3, -0.25) is 4.90 Å². The van der Waals surface area contributed by atoms with E-state index in [1.165, 1.54) is 31.5 Å². The summed E-state index contributed by atoms with van der Waals surface area (Å²) in [6, 6.07) is 10.1. The second kappa shape index (κ2) is 13.4. The largest absolute Gasteiger partial charge is 0.465 e. The number of carboxylic acid groups (broad SMARTS) is 1. The van der Waals surface area contributed by atoms with Crippen LogP contribution in [0.4, 0.5) is 32.3 Å². The number of carbonyl (C=O) groups excluding carboxylic acids is 1. The fourth-order valence-electron chi connectivity index (χ4n) is 4.60. The quantitative estimate of drug-likeness (QED) is 0.140. The Balaban J connectivity index is 1.72. The maximum Gasteiger partial charge on any atom is 0.416 e. The number of thiazole rings is 1. The first kappa shape index (κ1) is 33.6. The number of nitrogens with one attached hydrogen (secondary N) is 1. The van der Waals surface area contributed by atoms with Crippen molar-refractivity contribution < 1.29 is 41.7 Å². The molecular weight excluding hydrogens is 616 g/mol. The van der Waals surface area contributed by atoms with E-state index >= 15 is 0 Å². The maximum atomic E-state index is 13.8. The second-order valence-corrected chi connectivity index (χ2v) is 12.3. The Labute approximate surface area is 260 Å². The van der Waals surface area contributed by atoms with Crippen molar-refractivity contribution in [2.75, 3.05) is 18.6 Å². The van der Waals surface area contributed by atoms with Gasteiger partial charge in [0.1, 0.15) is 5.60 Å². The van der Waals surface area contributed by atoms with Gasteiger partial charge in [-0.05, 0) is 55.5 Å². The van der Waals surface area contributed by atoms with Crippen LogP contribution in [0.15, 0.2) is 54.7 Å². The Hall–Kier alpha value is -4.30. The van der Waals surface area contributed by atoms with E-state index < -0.39 is 47.4 Å². The molecule has 2 aromatic heterocycles. The normalized spacial score (nSPS) is 13.4. The Morgan fingerprint density at radius 2 is 1.76 bits per heavy atom. The molecule has 0 radical (unpaired) electrons. The SMILES string of the molecule is COCc1nc(N(CC(NC(=O)OC(C)(C)C)C(C)c2ccc(C(F)(F)F)cc2)C(=O)O)sc1-c1ccc2cnc(F)cc2c1. The molecule has 0 aliphatic heterocycles. The van der Waals surface area contributed by atoms with Crippen molar-refractivity contribution in [2.45, 2.75) is 58.0 Å². The summed E-state index contributed by atoms with van der Waals surface area (Å²) in [5.41, 5.74) is -0.180. The molecule has 0 saturated heterocycles. The van der Waals surface area contributed by atoms with Crippen molar-refractivity contribution >= 4 is 39.4 Å². The predicted octanol–water partition coefficient (Wildman–Crippen LogP) is 7.84. The van der Waals surface area contributed by atoms with E-state index in [1.807, 2.05) is 0 Å². The highest BCUT2D eigenvalue weighted by molar-refractivity contribution is 7.19. The third kappa shape index (κ3) is 8.45. The summed E-state index contributed by atoms with van der Waals surface area (Å²) in [5.74, 6) is -1.30. The molecule has 14 heteroatoms. The Kier molecular flexibility index (Phi) is 9.98. The van der Waals surface area contributed by atoms with Crippen LogP contribution < -0.4 is 10.2 Å². The van der Waals surface area contributed by atoms with Crippen molar-refractivity contribution in [1.29, 1.82) is 0 Å². The van der Waals surface area contributed by atoms with Crippen LogP contribution >= 0.6 is 11.3 Å². The highest BCUT2D eigenvalue weighted by Crippen LogP contribution is 2.38. The van der Waals surface area contributed by atoms with Crippen molar-refractivity contribution in [3.63, 3.8) is 0 Å². The standard InChI is InChI=1S/C31H32F4N4O5S/c1-17(18-8-10-22(11-9-18)31(33,34)35)23(38-28(40)44-30(2,3)4)15-39(29(41)42)27-37-24(16-43-5)26(45-27)19-6-7-20-14-36-25(32)13-21(20)12-19/h6-14,17,23H,15-16H2,1-5H3,(H,38,40)(H,41,42). The number of rotatable bonds is 9. The molecule has 9 nitrogen and oxygen atoms in total. The van der Waals surface area contributed by atoms with Crippen LogP contribution in [-0.4, -0.2) is 52.6 Å². The van der Waals surface area contributed by atoms with Gasteiger partial charge in [0, 0.05) is 30.7 Å². The molecule has 2 N–H and O–H groups in total. The van der Waals surface area contributed by atoms with Gasteiger partial charge in [0.05, 0.1) is 35.3 Å². The highest BCUT2D eigenvalue weighted by atomic mass is 32.1. The molecule has 2 heterocycles. The predicted molar refractivity (Wildman–Crippen MR) is 162 cm³/mol. The summed E-state index contributed by atoms with van der Waals surface area (Å²) < 4.78 is 64.1. The van der Waals surface area contributed by atoms with E-state index in [4.69, 9.17) is 9.47 Å². The monoisotopic (exact) mass is 648 g/mol. The number of methoxy groups -OCH3 is 1. The first-order valence-corrected chi connectivity index (χ1v) is 14.6. The van der Waals surface area contributed by atoms with Crippen LogP contribution in [0, 0.1) is 5.95 Å². The number of hydrogen-bond acceptors (Lipinski definition) is 7.